The van der Waals surface area contributed by atoms with E-state index in [1.807, 2.05) is 6.07 Å². The van der Waals surface area contributed by atoms with Crippen LogP contribution in [0.4, 0.5) is 0 Å². The van der Waals surface area contributed by atoms with E-state index in [0.717, 1.165) is 12.8 Å². The lowest BCUT2D eigenvalue weighted by molar-refractivity contribution is -0.144. The Bertz CT molecular complexity index is 433. The topological polar surface area (TPSA) is 72.6 Å². The predicted octanol–water partition coefficient (Wildman–Crippen LogP) is 0.956. The summed E-state index contributed by atoms with van der Waals surface area (Å²) in [5.74, 6) is -0.974. The number of nitrogens with zero attached hydrogens (tertiary/aromatic N) is 1. The van der Waals surface area contributed by atoms with Crippen molar-refractivity contribution in [3.05, 3.63) is 35.9 Å². The molecular weight excluding hydrogens is 232 g/mol. The number of amides is 1. The number of hydroxylamine groups is 2. The summed E-state index contributed by atoms with van der Waals surface area (Å²) in [5.41, 5.74) is 5.76. The first-order valence-electron chi connectivity index (χ1n) is 5.98. The molecule has 0 radical (unpaired) electrons. The quantitative estimate of drug-likeness (QED) is 0.864. The van der Waals surface area contributed by atoms with Crippen molar-refractivity contribution in [3.63, 3.8) is 0 Å². The first-order valence-corrected chi connectivity index (χ1v) is 5.98. The molecule has 1 fully saturated rings. The number of piperidine rings is 1. The SMILES string of the molecule is NC(=O)C1CCCN(OC(=O)c2ccccc2)C1. The van der Waals surface area contributed by atoms with Gasteiger partial charge < -0.3 is 10.6 Å². The number of rotatable bonds is 3. The second-order valence-electron chi connectivity index (χ2n) is 4.37. The zero-order valence-electron chi connectivity index (χ0n) is 10.0. The van der Waals surface area contributed by atoms with E-state index in [4.69, 9.17) is 10.6 Å². The average Bonchev–Trinajstić information content (AvgIpc) is 2.40. The third kappa shape index (κ3) is 3.07. The maximum absolute atomic E-state index is 11.8. The normalized spacial score (nSPS) is 20.3. The molecule has 18 heavy (non-hydrogen) atoms. The highest BCUT2D eigenvalue weighted by Crippen LogP contribution is 2.17. The van der Waals surface area contributed by atoms with E-state index in [0.29, 0.717) is 18.7 Å². The molecule has 1 atom stereocenters. The smallest absolute Gasteiger partial charge is 0.357 e. The largest absolute Gasteiger partial charge is 0.369 e. The lowest BCUT2D eigenvalue weighted by Crippen LogP contribution is -2.42. The molecule has 1 amide bonds. The summed E-state index contributed by atoms with van der Waals surface area (Å²) < 4.78 is 0. The van der Waals surface area contributed by atoms with Gasteiger partial charge in [0.05, 0.1) is 11.5 Å². The molecule has 1 saturated heterocycles. The minimum Gasteiger partial charge on any atom is -0.369 e. The Morgan fingerprint density at radius 3 is 2.67 bits per heavy atom. The molecule has 1 heterocycles. The first-order chi connectivity index (χ1) is 8.66. The van der Waals surface area contributed by atoms with Gasteiger partial charge in [-0.3, -0.25) is 4.79 Å². The number of primary amides is 1. The fraction of sp³-hybridized carbons (Fsp3) is 0.385. The van der Waals surface area contributed by atoms with Crippen LogP contribution in [0.1, 0.15) is 23.2 Å². The van der Waals surface area contributed by atoms with Gasteiger partial charge in [0.15, 0.2) is 0 Å². The Kier molecular flexibility index (Phi) is 3.94. The molecule has 1 aliphatic rings. The Morgan fingerprint density at radius 1 is 1.28 bits per heavy atom. The molecule has 0 saturated carbocycles. The van der Waals surface area contributed by atoms with Gasteiger partial charge in [-0.1, -0.05) is 18.2 Å². The van der Waals surface area contributed by atoms with Crippen LogP contribution in [0.15, 0.2) is 30.3 Å². The average molecular weight is 248 g/mol. The fourth-order valence-electron chi connectivity index (χ4n) is 2.00. The van der Waals surface area contributed by atoms with Gasteiger partial charge in [0.2, 0.25) is 5.91 Å². The van der Waals surface area contributed by atoms with Crippen LogP contribution in [-0.4, -0.2) is 30.0 Å². The molecular formula is C13H16N2O3. The number of benzene rings is 1. The molecule has 5 nitrogen and oxygen atoms in total. The van der Waals surface area contributed by atoms with Crippen molar-refractivity contribution >= 4 is 11.9 Å². The lowest BCUT2D eigenvalue weighted by Gasteiger charge is -2.29. The minimum atomic E-state index is -0.402. The molecule has 1 aromatic carbocycles. The van der Waals surface area contributed by atoms with Crippen molar-refractivity contribution < 1.29 is 14.4 Å². The van der Waals surface area contributed by atoms with E-state index in [2.05, 4.69) is 0 Å². The minimum absolute atomic E-state index is 0.234. The molecule has 1 aliphatic heterocycles. The van der Waals surface area contributed by atoms with Gasteiger partial charge >= 0.3 is 5.97 Å². The summed E-state index contributed by atoms with van der Waals surface area (Å²) in [5, 5.41) is 1.52. The zero-order valence-corrected chi connectivity index (χ0v) is 10.0. The zero-order chi connectivity index (χ0) is 13.0. The summed E-state index contributed by atoms with van der Waals surface area (Å²) in [7, 11) is 0. The van der Waals surface area contributed by atoms with Crippen LogP contribution in [0.5, 0.6) is 0 Å². The van der Waals surface area contributed by atoms with E-state index in [1.165, 1.54) is 5.06 Å². The van der Waals surface area contributed by atoms with Crippen LogP contribution in [0.3, 0.4) is 0 Å². The third-order valence-electron chi connectivity index (χ3n) is 3.01. The molecule has 0 bridgehead atoms. The second-order valence-corrected chi connectivity index (χ2v) is 4.37. The first kappa shape index (κ1) is 12.6. The monoisotopic (exact) mass is 248 g/mol. The molecule has 2 rings (SSSR count). The molecule has 1 unspecified atom stereocenters. The Balaban J connectivity index is 1.93. The molecule has 0 spiro atoms. The number of hydrogen-bond donors (Lipinski definition) is 1. The molecule has 0 aromatic heterocycles. The maximum atomic E-state index is 11.8. The number of carbonyl (C=O) groups is 2. The lowest BCUT2D eigenvalue weighted by atomic mass is 9.99. The molecule has 5 heteroatoms. The van der Waals surface area contributed by atoms with Crippen molar-refractivity contribution in [1.82, 2.24) is 5.06 Å². The third-order valence-corrected chi connectivity index (χ3v) is 3.01. The van der Waals surface area contributed by atoms with Gasteiger partial charge in [-0.25, -0.2) is 4.79 Å². The molecule has 96 valence electrons. The van der Waals surface area contributed by atoms with Crippen molar-refractivity contribution in [2.75, 3.05) is 13.1 Å². The van der Waals surface area contributed by atoms with Crippen LogP contribution in [0.2, 0.25) is 0 Å². The standard InChI is InChI=1S/C13H16N2O3/c14-12(16)11-7-4-8-15(9-11)18-13(17)10-5-2-1-3-6-10/h1-3,5-6,11H,4,7-9H2,(H2,14,16). The highest BCUT2D eigenvalue weighted by atomic mass is 16.7. The Hall–Kier alpha value is -1.88. The van der Waals surface area contributed by atoms with Gasteiger partial charge in [0.1, 0.15) is 0 Å². The highest BCUT2D eigenvalue weighted by molar-refractivity contribution is 5.89. The summed E-state index contributed by atoms with van der Waals surface area (Å²) in [6, 6.07) is 8.77. The van der Waals surface area contributed by atoms with E-state index < -0.39 is 5.97 Å². The molecule has 0 aliphatic carbocycles. The predicted molar refractivity (Wildman–Crippen MR) is 65.3 cm³/mol. The van der Waals surface area contributed by atoms with Crippen LogP contribution in [0, 0.1) is 5.92 Å². The number of nitrogens with two attached hydrogens (primary N) is 1. The van der Waals surface area contributed by atoms with Gasteiger partial charge in [0.25, 0.3) is 0 Å². The van der Waals surface area contributed by atoms with Crippen LogP contribution in [-0.2, 0) is 9.63 Å². The van der Waals surface area contributed by atoms with Crippen molar-refractivity contribution in [2.45, 2.75) is 12.8 Å². The Labute approximate surface area is 105 Å². The summed E-state index contributed by atoms with van der Waals surface area (Å²) in [6.07, 6.45) is 1.56. The van der Waals surface area contributed by atoms with Crippen LogP contribution in [0.25, 0.3) is 0 Å². The van der Waals surface area contributed by atoms with E-state index >= 15 is 0 Å². The fourth-order valence-corrected chi connectivity index (χ4v) is 2.00. The van der Waals surface area contributed by atoms with Gasteiger partial charge in [-0.05, 0) is 25.0 Å². The number of hydrogen-bond acceptors (Lipinski definition) is 4. The number of carbonyl (C=O) groups excluding carboxylic acids is 2. The summed E-state index contributed by atoms with van der Waals surface area (Å²) in [6.45, 7) is 1.02. The van der Waals surface area contributed by atoms with Gasteiger partial charge in [-0.2, -0.15) is 0 Å². The Morgan fingerprint density at radius 2 is 2.00 bits per heavy atom. The van der Waals surface area contributed by atoms with Crippen LogP contribution < -0.4 is 5.73 Å². The van der Waals surface area contributed by atoms with E-state index in [9.17, 15) is 9.59 Å². The van der Waals surface area contributed by atoms with Crippen molar-refractivity contribution in [3.8, 4) is 0 Å². The molecule has 2 N–H and O–H groups in total. The van der Waals surface area contributed by atoms with Crippen molar-refractivity contribution in [2.24, 2.45) is 11.7 Å². The summed E-state index contributed by atoms with van der Waals surface area (Å²) >= 11 is 0. The van der Waals surface area contributed by atoms with E-state index in [1.54, 1.807) is 24.3 Å². The maximum Gasteiger partial charge on any atom is 0.357 e. The van der Waals surface area contributed by atoms with Crippen LogP contribution >= 0.6 is 0 Å². The second kappa shape index (κ2) is 5.64. The highest BCUT2D eigenvalue weighted by Gasteiger charge is 2.26. The molecule has 1 aromatic rings. The van der Waals surface area contributed by atoms with Gasteiger partial charge in [0, 0.05) is 13.1 Å². The van der Waals surface area contributed by atoms with Gasteiger partial charge in [-0.15, -0.1) is 5.06 Å². The van der Waals surface area contributed by atoms with E-state index in [-0.39, 0.29) is 11.8 Å². The summed E-state index contributed by atoms with van der Waals surface area (Å²) in [4.78, 5) is 28.2. The van der Waals surface area contributed by atoms with Crippen molar-refractivity contribution in [1.29, 1.82) is 0 Å².